The van der Waals surface area contributed by atoms with E-state index in [1.54, 1.807) is 24.3 Å². The summed E-state index contributed by atoms with van der Waals surface area (Å²) in [5.74, 6) is -1.000. The number of rotatable bonds is 7. The SMILES string of the molecule is O=C(Nc1cccc(NC2=CC(=O)N(CCO)C2=O)c1)OCc1ccccc1. The van der Waals surface area contributed by atoms with E-state index in [0.717, 1.165) is 10.5 Å². The first kappa shape index (κ1) is 19.1. The van der Waals surface area contributed by atoms with Gasteiger partial charge in [-0.2, -0.15) is 0 Å². The Labute approximate surface area is 161 Å². The summed E-state index contributed by atoms with van der Waals surface area (Å²) in [6.45, 7) is -0.216. The van der Waals surface area contributed by atoms with Crippen molar-refractivity contribution in [3.8, 4) is 0 Å². The fraction of sp³-hybridized carbons (Fsp3) is 0.150. The number of β-amino-alcohol motifs (C(OH)–C–C–N with tert-alkyl or cyclic N) is 1. The predicted molar refractivity (Wildman–Crippen MR) is 102 cm³/mol. The molecule has 0 aromatic heterocycles. The van der Waals surface area contributed by atoms with Gasteiger partial charge in [0.2, 0.25) is 0 Å². The highest BCUT2D eigenvalue weighted by molar-refractivity contribution is 6.17. The number of amides is 3. The number of hydrogen-bond donors (Lipinski definition) is 3. The summed E-state index contributed by atoms with van der Waals surface area (Å²) >= 11 is 0. The van der Waals surface area contributed by atoms with E-state index >= 15 is 0 Å². The summed E-state index contributed by atoms with van der Waals surface area (Å²) in [6.07, 6.45) is 0.563. The van der Waals surface area contributed by atoms with E-state index in [9.17, 15) is 14.4 Å². The number of carbonyl (C=O) groups is 3. The zero-order chi connectivity index (χ0) is 19.9. The molecule has 0 fully saturated rings. The van der Waals surface area contributed by atoms with E-state index in [0.29, 0.717) is 11.4 Å². The van der Waals surface area contributed by atoms with Gasteiger partial charge in [0.15, 0.2) is 0 Å². The maximum absolute atomic E-state index is 12.2. The number of benzene rings is 2. The molecule has 2 aromatic rings. The van der Waals surface area contributed by atoms with Gasteiger partial charge in [0.1, 0.15) is 12.3 Å². The quantitative estimate of drug-likeness (QED) is 0.634. The molecule has 144 valence electrons. The van der Waals surface area contributed by atoms with Gasteiger partial charge in [-0.05, 0) is 23.8 Å². The molecule has 28 heavy (non-hydrogen) atoms. The number of carbonyl (C=O) groups excluding carboxylic acids is 3. The minimum absolute atomic E-state index is 0.0613. The Hall–Kier alpha value is -3.65. The smallest absolute Gasteiger partial charge is 0.411 e. The molecular weight excluding hydrogens is 362 g/mol. The van der Waals surface area contributed by atoms with Crippen LogP contribution in [0.5, 0.6) is 0 Å². The van der Waals surface area contributed by atoms with Crippen molar-refractivity contribution in [1.29, 1.82) is 0 Å². The highest BCUT2D eigenvalue weighted by Gasteiger charge is 2.30. The summed E-state index contributed by atoms with van der Waals surface area (Å²) in [5.41, 5.74) is 1.95. The molecule has 0 radical (unpaired) electrons. The van der Waals surface area contributed by atoms with Crippen molar-refractivity contribution in [2.45, 2.75) is 6.61 Å². The van der Waals surface area contributed by atoms with Gasteiger partial charge in [0.05, 0.1) is 13.2 Å². The van der Waals surface area contributed by atoms with Crippen LogP contribution >= 0.6 is 0 Å². The first-order valence-electron chi connectivity index (χ1n) is 8.60. The lowest BCUT2D eigenvalue weighted by atomic mass is 10.2. The molecule has 8 nitrogen and oxygen atoms in total. The molecule has 3 N–H and O–H groups in total. The van der Waals surface area contributed by atoms with Gasteiger partial charge in [-0.15, -0.1) is 0 Å². The summed E-state index contributed by atoms with van der Waals surface area (Å²) in [7, 11) is 0. The number of nitrogens with one attached hydrogen (secondary N) is 2. The van der Waals surface area contributed by atoms with Crippen LogP contribution in [0.25, 0.3) is 0 Å². The molecular formula is C20H19N3O5. The number of aliphatic hydroxyl groups excluding tert-OH is 1. The molecule has 1 aliphatic rings. The van der Waals surface area contributed by atoms with Crippen LogP contribution in [0.2, 0.25) is 0 Å². The fourth-order valence-electron chi connectivity index (χ4n) is 2.62. The van der Waals surface area contributed by atoms with Crippen LogP contribution in [0.3, 0.4) is 0 Å². The fourth-order valence-corrected chi connectivity index (χ4v) is 2.62. The number of aliphatic hydroxyl groups is 1. The number of anilines is 2. The molecule has 3 rings (SSSR count). The number of ether oxygens (including phenoxy) is 1. The van der Waals surface area contributed by atoms with E-state index < -0.39 is 17.9 Å². The second-order valence-electron chi connectivity index (χ2n) is 5.97. The van der Waals surface area contributed by atoms with Gasteiger partial charge in [-0.25, -0.2) is 4.79 Å². The van der Waals surface area contributed by atoms with E-state index in [2.05, 4.69) is 10.6 Å². The average Bonchev–Trinajstić information content (AvgIpc) is 2.95. The third-order valence-corrected chi connectivity index (χ3v) is 3.93. The van der Waals surface area contributed by atoms with Crippen molar-refractivity contribution in [2.24, 2.45) is 0 Å². The number of imide groups is 1. The van der Waals surface area contributed by atoms with Crippen LogP contribution in [0.4, 0.5) is 16.2 Å². The largest absolute Gasteiger partial charge is 0.444 e. The first-order chi connectivity index (χ1) is 13.6. The van der Waals surface area contributed by atoms with Crippen molar-refractivity contribution in [3.05, 3.63) is 71.9 Å². The molecule has 0 bridgehead atoms. The van der Waals surface area contributed by atoms with Gasteiger partial charge in [-0.1, -0.05) is 36.4 Å². The van der Waals surface area contributed by atoms with E-state index in [-0.39, 0.29) is 25.5 Å². The topological polar surface area (TPSA) is 108 Å². The van der Waals surface area contributed by atoms with Crippen LogP contribution < -0.4 is 10.6 Å². The Bertz CT molecular complexity index is 911. The lowest BCUT2D eigenvalue weighted by Crippen LogP contribution is -2.34. The zero-order valence-corrected chi connectivity index (χ0v) is 14.9. The molecule has 0 spiro atoms. The van der Waals surface area contributed by atoms with Crippen molar-refractivity contribution in [1.82, 2.24) is 4.90 Å². The van der Waals surface area contributed by atoms with Crippen molar-refractivity contribution in [2.75, 3.05) is 23.8 Å². The zero-order valence-electron chi connectivity index (χ0n) is 14.9. The Kier molecular flexibility index (Phi) is 6.03. The van der Waals surface area contributed by atoms with E-state index in [4.69, 9.17) is 9.84 Å². The van der Waals surface area contributed by atoms with E-state index in [1.807, 2.05) is 30.3 Å². The molecule has 0 unspecified atom stereocenters. The normalized spacial score (nSPS) is 13.3. The van der Waals surface area contributed by atoms with Crippen molar-refractivity contribution < 1.29 is 24.2 Å². The molecule has 8 heteroatoms. The molecule has 0 aliphatic carbocycles. The Balaban J connectivity index is 1.58. The standard InChI is InChI=1S/C20H19N3O5/c24-10-9-23-18(25)12-17(19(23)26)21-15-7-4-8-16(11-15)22-20(27)28-13-14-5-2-1-3-6-14/h1-8,11-12,21,24H,9-10,13H2,(H,22,27). The van der Waals surface area contributed by atoms with Gasteiger partial charge in [0, 0.05) is 17.5 Å². The lowest BCUT2D eigenvalue weighted by Gasteiger charge is -2.14. The van der Waals surface area contributed by atoms with Gasteiger partial charge < -0.3 is 15.2 Å². The lowest BCUT2D eigenvalue weighted by molar-refractivity contribution is -0.137. The molecule has 2 aromatic carbocycles. The summed E-state index contributed by atoms with van der Waals surface area (Å²) in [6, 6.07) is 15.9. The minimum atomic E-state index is -0.610. The van der Waals surface area contributed by atoms with Gasteiger partial charge in [-0.3, -0.25) is 19.8 Å². The monoisotopic (exact) mass is 381 g/mol. The summed E-state index contributed by atoms with van der Waals surface area (Å²) in [5, 5.41) is 14.4. The van der Waals surface area contributed by atoms with Crippen LogP contribution in [-0.2, 0) is 20.9 Å². The highest BCUT2D eigenvalue weighted by Crippen LogP contribution is 2.20. The molecule has 0 saturated carbocycles. The summed E-state index contributed by atoms with van der Waals surface area (Å²) < 4.78 is 5.17. The predicted octanol–water partition coefficient (Wildman–Crippen LogP) is 2.09. The molecule has 3 amide bonds. The maximum Gasteiger partial charge on any atom is 0.411 e. The molecule has 0 atom stereocenters. The van der Waals surface area contributed by atoms with Crippen LogP contribution in [0.15, 0.2) is 66.4 Å². The molecule has 0 saturated heterocycles. The molecule has 1 heterocycles. The third kappa shape index (κ3) is 4.74. The Morgan fingerprint density at radius 2 is 1.79 bits per heavy atom. The second-order valence-corrected chi connectivity index (χ2v) is 5.97. The number of nitrogens with zero attached hydrogens (tertiary/aromatic N) is 1. The van der Waals surface area contributed by atoms with Crippen molar-refractivity contribution in [3.63, 3.8) is 0 Å². The van der Waals surface area contributed by atoms with Crippen molar-refractivity contribution >= 4 is 29.3 Å². The third-order valence-electron chi connectivity index (χ3n) is 3.93. The maximum atomic E-state index is 12.2. The summed E-state index contributed by atoms with van der Waals surface area (Å²) in [4.78, 5) is 36.9. The van der Waals surface area contributed by atoms with Gasteiger partial charge in [0.25, 0.3) is 11.8 Å². The van der Waals surface area contributed by atoms with Crippen LogP contribution in [-0.4, -0.2) is 41.1 Å². The van der Waals surface area contributed by atoms with Crippen LogP contribution in [0, 0.1) is 0 Å². The van der Waals surface area contributed by atoms with Crippen LogP contribution in [0.1, 0.15) is 5.56 Å². The highest BCUT2D eigenvalue weighted by atomic mass is 16.5. The minimum Gasteiger partial charge on any atom is -0.444 e. The average molecular weight is 381 g/mol. The van der Waals surface area contributed by atoms with Gasteiger partial charge >= 0.3 is 6.09 Å². The first-order valence-corrected chi connectivity index (χ1v) is 8.60. The second kappa shape index (κ2) is 8.83. The van der Waals surface area contributed by atoms with E-state index in [1.165, 1.54) is 6.08 Å². The molecule has 1 aliphatic heterocycles. The number of hydrogen-bond acceptors (Lipinski definition) is 6. The Morgan fingerprint density at radius 3 is 2.54 bits per heavy atom. The Morgan fingerprint density at radius 1 is 1.04 bits per heavy atom.